The zero-order chi connectivity index (χ0) is 28.0. The van der Waals surface area contributed by atoms with Gasteiger partial charge < -0.3 is 4.90 Å². The first-order valence-corrected chi connectivity index (χ1v) is 14.8. The lowest BCUT2D eigenvalue weighted by atomic mass is 9.80. The number of aromatic nitrogens is 3. The molecule has 2 unspecified atom stereocenters. The molecule has 1 aliphatic carbocycles. The average Bonchev–Trinajstić information content (AvgIpc) is 3.47. The van der Waals surface area contributed by atoms with E-state index in [4.69, 9.17) is 0 Å². The van der Waals surface area contributed by atoms with Crippen LogP contribution in [0.5, 0.6) is 0 Å². The van der Waals surface area contributed by atoms with Crippen molar-refractivity contribution in [3.8, 4) is 0 Å². The summed E-state index contributed by atoms with van der Waals surface area (Å²) in [4.78, 5) is 18.6. The van der Waals surface area contributed by atoms with Crippen LogP contribution in [0.2, 0.25) is 0 Å². The number of hydrogen-bond acceptors (Lipinski definition) is 5. The zero-order valence-electron chi connectivity index (χ0n) is 21.5. The number of amides is 1. The van der Waals surface area contributed by atoms with Gasteiger partial charge in [-0.15, -0.1) is 5.10 Å². The van der Waals surface area contributed by atoms with E-state index in [1.165, 1.54) is 22.7 Å². The number of nitrogens with zero attached hydrogens (tertiary/aromatic N) is 4. The molecule has 7 nitrogen and oxygen atoms in total. The normalized spacial score (nSPS) is 24.4. The molecule has 0 radical (unpaired) electrons. The van der Waals surface area contributed by atoms with E-state index in [0.717, 1.165) is 21.7 Å². The quantitative estimate of drug-likeness (QED) is 0.430. The summed E-state index contributed by atoms with van der Waals surface area (Å²) in [5.41, 5.74) is 1.39. The number of halogens is 4. The Labute approximate surface area is 223 Å². The molecule has 2 saturated heterocycles. The van der Waals surface area contributed by atoms with Gasteiger partial charge in [0, 0.05) is 35.7 Å². The molecule has 2 atom stereocenters. The largest absolute Gasteiger partial charge is 0.413 e. The Morgan fingerprint density at radius 1 is 1.08 bits per heavy atom. The van der Waals surface area contributed by atoms with Crippen LogP contribution >= 0.6 is 0 Å². The van der Waals surface area contributed by atoms with Crippen LogP contribution in [0.15, 0.2) is 36.5 Å². The van der Waals surface area contributed by atoms with Gasteiger partial charge in [-0.05, 0) is 36.8 Å². The third kappa shape index (κ3) is 4.22. The number of fused-ring (bicyclic) bond motifs is 3. The Bertz CT molecular complexity index is 1570. The molecule has 0 N–H and O–H groups in total. The van der Waals surface area contributed by atoms with E-state index < -0.39 is 39.3 Å². The van der Waals surface area contributed by atoms with Crippen molar-refractivity contribution in [2.45, 2.75) is 63.1 Å². The number of carbonyl (C=O) groups is 1. The maximum atomic E-state index is 14.4. The summed E-state index contributed by atoms with van der Waals surface area (Å²) in [6, 6.07) is 5.29. The Morgan fingerprint density at radius 3 is 2.38 bits per heavy atom. The minimum absolute atomic E-state index is 0.0414. The number of likely N-dealkylation sites (tertiary alicyclic amines) is 1. The fraction of sp³-hybridized carbons (Fsp3) is 0.519. The summed E-state index contributed by atoms with van der Waals surface area (Å²) >= 11 is 0. The maximum Gasteiger partial charge on any atom is 0.413 e. The van der Waals surface area contributed by atoms with Crippen molar-refractivity contribution in [2.75, 3.05) is 18.1 Å². The molecule has 6 rings (SSSR count). The lowest BCUT2D eigenvalue weighted by molar-refractivity contribution is -0.190. The van der Waals surface area contributed by atoms with Gasteiger partial charge in [-0.25, -0.2) is 17.9 Å². The average molecular weight is 565 g/mol. The highest BCUT2D eigenvalue weighted by Gasteiger charge is 2.56. The molecule has 2 fully saturated rings. The van der Waals surface area contributed by atoms with Crippen molar-refractivity contribution in [2.24, 2.45) is 5.41 Å². The molecule has 0 bridgehead atoms. The predicted octanol–water partition coefficient (Wildman–Crippen LogP) is 4.71. The van der Waals surface area contributed by atoms with Gasteiger partial charge in [-0.3, -0.25) is 4.79 Å². The molecule has 1 spiro atoms. The smallest absolute Gasteiger partial charge is 0.326 e. The number of alkyl halides is 3. The molecular formula is C27H28F4N4O3S. The SMILES string of the molecule is CC1(C)CC(c2ccc(C(N3CCC4(CCS(=O)(=O)CC4)C3=O)C(F)(F)F)cc2)c2cnc3cc(F)nn3c21. The molecule has 3 aromatic rings. The summed E-state index contributed by atoms with van der Waals surface area (Å²) < 4.78 is 82.4. The minimum Gasteiger partial charge on any atom is -0.326 e. The topological polar surface area (TPSA) is 84.6 Å². The Morgan fingerprint density at radius 2 is 1.74 bits per heavy atom. The number of rotatable bonds is 3. The second-order valence-electron chi connectivity index (χ2n) is 11.7. The lowest BCUT2D eigenvalue weighted by Gasteiger charge is -2.35. The molecule has 4 heterocycles. The highest BCUT2D eigenvalue weighted by Crippen LogP contribution is 2.50. The molecule has 1 aromatic carbocycles. The first kappa shape index (κ1) is 26.2. The van der Waals surface area contributed by atoms with Gasteiger partial charge in [-0.2, -0.15) is 17.6 Å². The third-order valence-electron chi connectivity index (χ3n) is 8.82. The number of carbonyl (C=O) groups excluding carboxylic acids is 1. The van der Waals surface area contributed by atoms with Gasteiger partial charge >= 0.3 is 6.18 Å². The fourth-order valence-electron chi connectivity index (χ4n) is 6.81. The maximum absolute atomic E-state index is 14.4. The number of hydrogen-bond donors (Lipinski definition) is 0. The summed E-state index contributed by atoms with van der Waals surface area (Å²) in [7, 11) is -3.26. The van der Waals surface area contributed by atoms with E-state index in [1.807, 2.05) is 13.8 Å². The van der Waals surface area contributed by atoms with Crippen molar-refractivity contribution in [3.05, 3.63) is 64.9 Å². The lowest BCUT2D eigenvalue weighted by Crippen LogP contribution is -2.45. The number of benzene rings is 1. The van der Waals surface area contributed by atoms with Crippen LogP contribution in [0.1, 0.15) is 73.9 Å². The molecule has 2 aliphatic heterocycles. The Hall–Kier alpha value is -3.02. The standard InChI is InChI=1S/C27H28F4N4O3S/c1-25(2)14-18(19-15-32-21-13-20(28)33-35(21)23(19)25)16-3-5-17(6-4-16)22(27(29,30)31)34-10-7-26(24(34)36)8-11-39(37,38)12-9-26/h3-6,13,15,18,22H,7-12,14H2,1-2H3. The summed E-state index contributed by atoms with van der Waals surface area (Å²) in [6.07, 6.45) is -2.04. The van der Waals surface area contributed by atoms with Crippen molar-refractivity contribution in [1.82, 2.24) is 19.5 Å². The van der Waals surface area contributed by atoms with Gasteiger partial charge in [0.15, 0.2) is 11.7 Å². The van der Waals surface area contributed by atoms with E-state index in [9.17, 15) is 30.8 Å². The second kappa shape index (κ2) is 8.49. The van der Waals surface area contributed by atoms with Crippen LogP contribution in [-0.4, -0.2) is 58.0 Å². The summed E-state index contributed by atoms with van der Waals surface area (Å²) in [6.45, 7) is 3.96. The van der Waals surface area contributed by atoms with E-state index in [1.54, 1.807) is 18.3 Å². The third-order valence-corrected chi connectivity index (χ3v) is 10.5. The Balaban J connectivity index is 1.31. The van der Waals surface area contributed by atoms with E-state index in [-0.39, 0.29) is 54.2 Å². The predicted molar refractivity (Wildman–Crippen MR) is 134 cm³/mol. The van der Waals surface area contributed by atoms with E-state index in [0.29, 0.717) is 12.1 Å². The second-order valence-corrected chi connectivity index (χ2v) is 14.0. The van der Waals surface area contributed by atoms with Crippen molar-refractivity contribution >= 4 is 21.4 Å². The summed E-state index contributed by atoms with van der Waals surface area (Å²) in [5.74, 6) is -1.77. The summed E-state index contributed by atoms with van der Waals surface area (Å²) in [5, 5.41) is 3.96. The first-order chi connectivity index (χ1) is 18.2. The van der Waals surface area contributed by atoms with Crippen LogP contribution in [0.3, 0.4) is 0 Å². The van der Waals surface area contributed by atoms with E-state index in [2.05, 4.69) is 10.1 Å². The Kier molecular flexibility index (Phi) is 5.71. The molecule has 0 saturated carbocycles. The molecule has 2 aromatic heterocycles. The first-order valence-electron chi connectivity index (χ1n) is 12.9. The van der Waals surface area contributed by atoms with Crippen LogP contribution in [0.25, 0.3) is 5.65 Å². The van der Waals surface area contributed by atoms with Crippen LogP contribution in [0, 0.1) is 11.4 Å². The van der Waals surface area contributed by atoms with Crippen LogP contribution in [0.4, 0.5) is 17.6 Å². The van der Waals surface area contributed by atoms with Crippen molar-refractivity contribution in [1.29, 1.82) is 0 Å². The van der Waals surface area contributed by atoms with Gasteiger partial charge in [0.05, 0.1) is 22.6 Å². The van der Waals surface area contributed by atoms with Gasteiger partial charge in [-0.1, -0.05) is 38.1 Å². The van der Waals surface area contributed by atoms with Gasteiger partial charge in [0.25, 0.3) is 0 Å². The fourth-order valence-corrected chi connectivity index (χ4v) is 8.42. The molecule has 12 heteroatoms. The molecule has 3 aliphatic rings. The highest BCUT2D eigenvalue weighted by molar-refractivity contribution is 7.91. The van der Waals surface area contributed by atoms with Gasteiger partial charge in [0.1, 0.15) is 9.84 Å². The zero-order valence-corrected chi connectivity index (χ0v) is 22.3. The van der Waals surface area contributed by atoms with Crippen molar-refractivity contribution < 1.29 is 30.8 Å². The molecule has 208 valence electrons. The molecule has 39 heavy (non-hydrogen) atoms. The highest BCUT2D eigenvalue weighted by atomic mass is 32.2. The number of sulfone groups is 1. The van der Waals surface area contributed by atoms with Gasteiger partial charge in [0.2, 0.25) is 11.9 Å². The van der Waals surface area contributed by atoms with Crippen molar-refractivity contribution in [3.63, 3.8) is 0 Å². The molecular weight excluding hydrogens is 536 g/mol. The van der Waals surface area contributed by atoms with E-state index >= 15 is 0 Å². The van der Waals surface area contributed by atoms with Crippen LogP contribution < -0.4 is 0 Å². The minimum atomic E-state index is -4.70. The van der Waals surface area contributed by atoms with Crippen LogP contribution in [-0.2, 0) is 20.0 Å². The monoisotopic (exact) mass is 564 g/mol. The molecule has 1 amide bonds.